The molecule has 4 N–H and O–H groups in total. The number of hydrogen-bond acceptors (Lipinski definition) is 4. The van der Waals surface area contributed by atoms with Crippen LogP contribution in [-0.4, -0.2) is 22.2 Å². The highest BCUT2D eigenvalue weighted by atomic mass is 16.4. The van der Waals surface area contributed by atoms with Crippen molar-refractivity contribution in [2.24, 2.45) is 0 Å². The van der Waals surface area contributed by atoms with Gasteiger partial charge in [0.05, 0.1) is 11.1 Å². The van der Waals surface area contributed by atoms with Gasteiger partial charge in [0.2, 0.25) is 0 Å². The molecular weight excluding hydrogens is 556 g/mol. The van der Waals surface area contributed by atoms with Crippen LogP contribution in [0.1, 0.15) is 20.7 Å². The van der Waals surface area contributed by atoms with Crippen LogP contribution in [-0.2, 0) is 0 Å². The number of carboxylic acid groups (broad SMARTS) is 2. The highest BCUT2D eigenvalue weighted by Crippen LogP contribution is 2.17. The van der Waals surface area contributed by atoms with E-state index in [4.69, 9.17) is 10.2 Å². The molecule has 8 nitrogen and oxygen atoms in total. The summed E-state index contributed by atoms with van der Waals surface area (Å²) in [6, 6.07) is 40.0. The summed E-state index contributed by atoms with van der Waals surface area (Å²) in [6.45, 7) is 0. The molecule has 0 spiro atoms. The number of aromatic carboxylic acids is 2. The minimum Gasteiger partial charge on any atom is -0.872 e. The average Bonchev–Trinajstić information content (AvgIpc) is 3.07. The number of nitrogens with one attached hydrogen (secondary N) is 2. The molecule has 0 amide bonds. The van der Waals surface area contributed by atoms with Gasteiger partial charge in [-0.3, -0.25) is 0 Å². The number of hydrogen-bond donors (Lipinski definition) is 2. The Morgan fingerprint density at radius 3 is 0.955 bits per heavy atom. The van der Waals surface area contributed by atoms with Crippen molar-refractivity contribution in [2.75, 3.05) is 0 Å². The van der Waals surface area contributed by atoms with Crippen LogP contribution >= 0.6 is 0 Å². The van der Waals surface area contributed by atoms with E-state index in [9.17, 15) is 19.8 Å². The number of rotatable bonds is 4. The summed E-state index contributed by atoms with van der Waals surface area (Å²) >= 11 is 0. The van der Waals surface area contributed by atoms with Crippen molar-refractivity contribution in [3.05, 3.63) is 169 Å². The maximum atomic E-state index is 10.7. The quantitative estimate of drug-likeness (QED) is 0.288. The van der Waals surface area contributed by atoms with E-state index in [1.807, 2.05) is 61.2 Å². The minimum absolute atomic E-state index is 0.178. The molecule has 2 heterocycles. The first-order valence-electron chi connectivity index (χ1n) is 13.4. The minimum atomic E-state index is -1.18. The molecule has 0 bridgehead atoms. The third kappa shape index (κ3) is 10.6. The topological polar surface area (TPSA) is 149 Å². The maximum absolute atomic E-state index is 10.7. The van der Waals surface area contributed by atoms with Gasteiger partial charge in [0.15, 0.2) is 24.8 Å². The highest BCUT2D eigenvalue weighted by Gasteiger charge is 2.01. The monoisotopic (exact) mass is 586 g/mol. The first-order chi connectivity index (χ1) is 21.4. The SMILES string of the molecule is O=C(O)c1ccccc1[O-].O=C(O)c1ccccc1[O-].c1ccc(-c2cc[nH+]cc2)cc1.c1ccc(-c2cc[nH+]cc2)cc1. The molecule has 0 radical (unpaired) electrons. The van der Waals surface area contributed by atoms with Gasteiger partial charge in [0.25, 0.3) is 0 Å². The van der Waals surface area contributed by atoms with Gasteiger partial charge in [-0.05, 0) is 34.4 Å². The van der Waals surface area contributed by atoms with E-state index in [2.05, 4.69) is 58.5 Å². The average molecular weight is 587 g/mol. The normalized spacial score (nSPS) is 9.45. The first kappa shape index (κ1) is 32.2. The predicted octanol–water partition coefficient (Wildman–Crippen LogP) is 5.25. The second-order valence-electron chi connectivity index (χ2n) is 8.91. The van der Waals surface area contributed by atoms with Crippen LogP contribution in [0, 0.1) is 0 Å². The lowest BCUT2D eigenvalue weighted by atomic mass is 10.1. The van der Waals surface area contributed by atoms with E-state index in [0.717, 1.165) is 0 Å². The molecule has 0 saturated carbocycles. The molecule has 0 atom stereocenters. The number of para-hydroxylation sites is 2. The lowest BCUT2D eigenvalue weighted by Crippen LogP contribution is -2.02. The third-order valence-corrected chi connectivity index (χ3v) is 5.89. The molecule has 0 aliphatic carbocycles. The molecule has 2 aromatic heterocycles. The fraction of sp³-hybridized carbons (Fsp3) is 0. The van der Waals surface area contributed by atoms with Gasteiger partial charge in [0, 0.05) is 24.3 Å². The Morgan fingerprint density at radius 1 is 0.409 bits per heavy atom. The number of H-pyrrole nitrogens is 2. The third-order valence-electron chi connectivity index (χ3n) is 5.89. The molecule has 44 heavy (non-hydrogen) atoms. The molecule has 4 aromatic carbocycles. The van der Waals surface area contributed by atoms with Crippen molar-refractivity contribution in [3.63, 3.8) is 0 Å². The number of carboxylic acids is 2. The van der Waals surface area contributed by atoms with Gasteiger partial charge in [0.1, 0.15) is 0 Å². The zero-order valence-electron chi connectivity index (χ0n) is 23.5. The highest BCUT2D eigenvalue weighted by molar-refractivity contribution is 5.90. The lowest BCUT2D eigenvalue weighted by Gasteiger charge is -2.07. The van der Waals surface area contributed by atoms with Gasteiger partial charge in [-0.25, -0.2) is 19.6 Å². The predicted molar refractivity (Wildman–Crippen MR) is 163 cm³/mol. The summed E-state index contributed by atoms with van der Waals surface area (Å²) in [7, 11) is 0. The Labute approximate surface area is 254 Å². The van der Waals surface area contributed by atoms with Crippen molar-refractivity contribution < 1.29 is 40.0 Å². The van der Waals surface area contributed by atoms with Crippen LogP contribution in [0.2, 0.25) is 0 Å². The van der Waals surface area contributed by atoms with Crippen molar-refractivity contribution in [1.29, 1.82) is 0 Å². The lowest BCUT2D eigenvalue weighted by molar-refractivity contribution is -0.378. The molecule has 6 rings (SSSR count). The Morgan fingerprint density at radius 2 is 0.682 bits per heavy atom. The van der Waals surface area contributed by atoms with Gasteiger partial charge >= 0.3 is 11.9 Å². The Bertz CT molecular complexity index is 1510. The Balaban J connectivity index is 0.000000161. The van der Waals surface area contributed by atoms with Crippen molar-refractivity contribution in [2.45, 2.75) is 0 Å². The summed E-state index contributed by atoms with van der Waals surface area (Å²) in [5.41, 5.74) is 4.65. The van der Waals surface area contributed by atoms with E-state index in [1.165, 1.54) is 70.8 Å². The van der Waals surface area contributed by atoms with Crippen LogP contribution in [0.5, 0.6) is 11.5 Å². The number of aromatic nitrogens is 2. The zero-order valence-corrected chi connectivity index (χ0v) is 23.5. The molecule has 0 fully saturated rings. The smallest absolute Gasteiger partial charge is 0.335 e. The van der Waals surface area contributed by atoms with E-state index in [0.29, 0.717) is 0 Å². The summed E-state index contributed by atoms with van der Waals surface area (Å²) in [4.78, 5) is 26.4. The van der Waals surface area contributed by atoms with Crippen LogP contribution in [0.15, 0.2) is 158 Å². The summed E-state index contributed by atoms with van der Waals surface area (Å²) in [6.07, 6.45) is 7.73. The van der Waals surface area contributed by atoms with Gasteiger partial charge in [-0.1, -0.05) is 109 Å². The zero-order chi connectivity index (χ0) is 31.6. The van der Waals surface area contributed by atoms with Crippen molar-refractivity contribution in [1.82, 2.24) is 0 Å². The second-order valence-corrected chi connectivity index (χ2v) is 8.91. The Hall–Kier alpha value is -6.28. The van der Waals surface area contributed by atoms with Gasteiger partial charge in [-0.2, -0.15) is 0 Å². The van der Waals surface area contributed by atoms with Crippen molar-refractivity contribution in [3.8, 4) is 33.8 Å². The molecule has 0 aliphatic heterocycles. The van der Waals surface area contributed by atoms with E-state index < -0.39 is 23.4 Å². The van der Waals surface area contributed by atoms with Crippen LogP contribution < -0.4 is 20.2 Å². The van der Waals surface area contributed by atoms with Crippen molar-refractivity contribution >= 4 is 11.9 Å². The number of benzene rings is 4. The van der Waals surface area contributed by atoms with Gasteiger partial charge in [-0.15, -0.1) is 0 Å². The molecule has 6 aromatic rings. The van der Waals surface area contributed by atoms with Gasteiger partial charge < -0.3 is 20.4 Å². The fourth-order valence-corrected chi connectivity index (χ4v) is 3.71. The van der Waals surface area contributed by atoms with E-state index in [1.54, 1.807) is 0 Å². The fourth-order valence-electron chi connectivity index (χ4n) is 3.71. The molecule has 8 heteroatoms. The molecule has 0 saturated heterocycles. The summed E-state index contributed by atoms with van der Waals surface area (Å²) in [5.74, 6) is -3.25. The van der Waals surface area contributed by atoms with E-state index >= 15 is 0 Å². The molecule has 0 aliphatic rings. The van der Waals surface area contributed by atoms with Crippen LogP contribution in [0.3, 0.4) is 0 Å². The first-order valence-corrected chi connectivity index (χ1v) is 13.4. The standard InChI is InChI=1S/2C11H9N.2C7H6O3/c2*1-2-4-10(5-3-1)11-6-8-12-9-7-11;2*8-6-4-2-1-3-5(6)7(9)10/h2*1-9H;2*1-4,8H,(H,9,10). The molecule has 220 valence electrons. The van der Waals surface area contributed by atoms with Crippen LogP contribution in [0.4, 0.5) is 0 Å². The number of pyridine rings is 2. The largest absolute Gasteiger partial charge is 0.872 e. The molecular formula is C36H30N2O6. The van der Waals surface area contributed by atoms with Crippen LogP contribution in [0.25, 0.3) is 22.3 Å². The Kier molecular flexibility index (Phi) is 12.8. The number of aromatic amines is 2. The maximum Gasteiger partial charge on any atom is 0.335 e. The van der Waals surface area contributed by atoms with E-state index in [-0.39, 0.29) is 11.1 Å². The molecule has 0 unspecified atom stereocenters. The second kappa shape index (κ2) is 17.5. The summed E-state index contributed by atoms with van der Waals surface area (Å²) < 4.78 is 0. The summed E-state index contributed by atoms with van der Waals surface area (Å²) in [5, 5.41) is 38.1. The number of carbonyl (C=O) groups is 2.